The topological polar surface area (TPSA) is 248 Å². The van der Waals surface area contributed by atoms with Crippen LogP contribution < -0.4 is 0 Å². The molecule has 17 unspecified atom stereocenters. The van der Waals surface area contributed by atoms with Crippen molar-refractivity contribution in [2.45, 2.75) is 150 Å². The van der Waals surface area contributed by atoms with E-state index in [0.717, 1.165) is 0 Å². The molecule has 0 aromatic heterocycles. The smallest absolute Gasteiger partial charge is 0.187 e. The van der Waals surface area contributed by atoms with Crippen molar-refractivity contribution in [3.8, 4) is 0 Å². The van der Waals surface area contributed by atoms with Crippen molar-refractivity contribution in [1.29, 1.82) is 0 Å². The van der Waals surface area contributed by atoms with Gasteiger partial charge in [0.25, 0.3) is 0 Å². The van der Waals surface area contributed by atoms with Crippen LogP contribution in [0, 0.1) is 11.8 Å². The summed E-state index contributed by atoms with van der Waals surface area (Å²) in [6.45, 7) is 1.04. The highest BCUT2D eigenvalue weighted by Crippen LogP contribution is 2.43. The fourth-order valence-electron chi connectivity index (χ4n) is 7.05. The Morgan fingerprint density at radius 1 is 0.619 bits per heavy atom. The average Bonchev–Trinajstić information content (AvgIpc) is 2.97. The third-order valence-electron chi connectivity index (χ3n) is 9.75. The molecule has 5 rings (SSSR count). The van der Waals surface area contributed by atoms with Crippen molar-refractivity contribution in [3.63, 3.8) is 0 Å². The molecule has 3 aliphatic heterocycles. The first kappa shape index (κ1) is 32.8. The van der Waals surface area contributed by atoms with Crippen LogP contribution in [0.5, 0.6) is 0 Å². The predicted octanol–water partition coefficient (Wildman–Crippen LogP) is -4.17. The lowest BCUT2D eigenvalue weighted by molar-refractivity contribution is -0.346. The van der Waals surface area contributed by atoms with Crippen molar-refractivity contribution in [3.05, 3.63) is 0 Å². The van der Waals surface area contributed by atoms with Crippen LogP contribution in [-0.4, -0.2) is 162 Å². The predicted molar refractivity (Wildman–Crippen MR) is 137 cm³/mol. The Kier molecular flexibility index (Phi) is 10.5. The summed E-state index contributed by atoms with van der Waals surface area (Å²) in [7, 11) is 0. The van der Waals surface area contributed by atoms with Gasteiger partial charge in [-0.05, 0) is 44.9 Å². The molecule has 5 fully saturated rings. The van der Waals surface area contributed by atoms with E-state index < -0.39 is 117 Å². The van der Waals surface area contributed by atoms with Crippen molar-refractivity contribution in [1.82, 2.24) is 0 Å². The Morgan fingerprint density at radius 3 is 1.95 bits per heavy atom. The van der Waals surface area contributed by atoms with Crippen LogP contribution in [0.1, 0.15) is 45.4 Å². The summed E-state index contributed by atoms with van der Waals surface area (Å²) in [6, 6.07) is 0. The zero-order valence-corrected chi connectivity index (χ0v) is 23.4. The van der Waals surface area contributed by atoms with Gasteiger partial charge in [0.05, 0.1) is 49.3 Å². The lowest BCUT2D eigenvalue weighted by Crippen LogP contribution is -2.63. The van der Waals surface area contributed by atoms with Gasteiger partial charge in [0.15, 0.2) is 12.6 Å². The van der Waals surface area contributed by atoms with E-state index in [1.165, 1.54) is 6.92 Å². The van der Waals surface area contributed by atoms with Gasteiger partial charge >= 0.3 is 0 Å². The average molecular weight is 611 g/mol. The maximum atomic E-state index is 10.8. The summed E-state index contributed by atoms with van der Waals surface area (Å²) < 4.78 is 29.4. The highest BCUT2D eigenvalue weighted by atomic mass is 16.7. The molecule has 17 atom stereocenters. The zero-order chi connectivity index (χ0) is 30.5. The highest BCUT2D eigenvalue weighted by Gasteiger charge is 2.53. The molecule has 0 amide bonds. The van der Waals surface area contributed by atoms with Gasteiger partial charge in [-0.3, -0.25) is 0 Å². The van der Waals surface area contributed by atoms with Crippen molar-refractivity contribution < 1.29 is 74.7 Å². The van der Waals surface area contributed by atoms with E-state index in [1.807, 2.05) is 0 Å². The van der Waals surface area contributed by atoms with E-state index in [4.69, 9.17) is 23.7 Å². The monoisotopic (exact) mass is 610 g/mol. The number of fused-ring (bicyclic) bond motifs is 1. The molecule has 2 aliphatic carbocycles. The number of aliphatic hydroxyl groups is 10. The van der Waals surface area contributed by atoms with Crippen LogP contribution in [0.15, 0.2) is 0 Å². The molecule has 5 aliphatic rings. The molecule has 0 bridgehead atoms. The summed E-state index contributed by atoms with van der Waals surface area (Å²) in [4.78, 5) is 0. The second-order valence-corrected chi connectivity index (χ2v) is 12.6. The number of aliphatic hydroxyl groups excluding tert-OH is 10. The van der Waals surface area contributed by atoms with Gasteiger partial charge in [-0.2, -0.15) is 0 Å². The van der Waals surface area contributed by atoms with Gasteiger partial charge in [-0.15, -0.1) is 0 Å². The van der Waals surface area contributed by atoms with E-state index >= 15 is 0 Å². The lowest BCUT2D eigenvalue weighted by atomic mass is 9.72. The fourth-order valence-corrected chi connectivity index (χ4v) is 7.05. The first-order valence-corrected chi connectivity index (χ1v) is 14.9. The first-order chi connectivity index (χ1) is 19.9. The third kappa shape index (κ3) is 6.52. The molecule has 2 saturated carbocycles. The van der Waals surface area contributed by atoms with Gasteiger partial charge in [-0.1, -0.05) is 0 Å². The molecular formula is C27H46O15. The Morgan fingerprint density at radius 2 is 1.26 bits per heavy atom. The van der Waals surface area contributed by atoms with E-state index in [2.05, 4.69) is 0 Å². The minimum Gasteiger partial charge on any atom is -0.393 e. The lowest BCUT2D eigenvalue weighted by Gasteiger charge is -2.51. The quantitative estimate of drug-likeness (QED) is 0.137. The van der Waals surface area contributed by atoms with E-state index in [-0.39, 0.29) is 18.8 Å². The standard InChI is InChI=1S/C27H46O15/c1-9-17(30)21(34)23(36)26(39-9)38-8-16-20(33)22(35)24(37)27(42-16)41-15-6-12-14(7-13(29)19(32)18(12)31)40-25(15)10-2-4-11(28)5-3-10/h9-37H,2-8H2,1H3. The van der Waals surface area contributed by atoms with Crippen molar-refractivity contribution >= 4 is 0 Å². The highest BCUT2D eigenvalue weighted by molar-refractivity contribution is 5.01. The summed E-state index contributed by atoms with van der Waals surface area (Å²) >= 11 is 0. The van der Waals surface area contributed by atoms with E-state index in [0.29, 0.717) is 25.7 Å². The summed E-state index contributed by atoms with van der Waals surface area (Å²) in [5.41, 5.74) is 0. The van der Waals surface area contributed by atoms with Crippen molar-refractivity contribution in [2.24, 2.45) is 11.8 Å². The number of hydrogen-bond acceptors (Lipinski definition) is 15. The van der Waals surface area contributed by atoms with Gasteiger partial charge < -0.3 is 74.7 Å². The van der Waals surface area contributed by atoms with E-state index in [9.17, 15) is 51.1 Å². The fraction of sp³-hybridized carbons (Fsp3) is 1.00. The van der Waals surface area contributed by atoms with Gasteiger partial charge in [0.1, 0.15) is 48.8 Å². The Hall–Kier alpha value is -0.600. The van der Waals surface area contributed by atoms with Crippen LogP contribution in [0.4, 0.5) is 0 Å². The molecular weight excluding hydrogens is 564 g/mol. The number of hydrogen-bond donors (Lipinski definition) is 10. The van der Waals surface area contributed by atoms with Crippen LogP contribution in [0.25, 0.3) is 0 Å². The number of ether oxygens (including phenoxy) is 5. The molecule has 10 N–H and O–H groups in total. The molecule has 0 spiro atoms. The molecule has 0 radical (unpaired) electrons. The maximum absolute atomic E-state index is 10.8. The van der Waals surface area contributed by atoms with Crippen LogP contribution >= 0.6 is 0 Å². The Bertz CT molecular complexity index is 874. The molecule has 3 saturated heterocycles. The van der Waals surface area contributed by atoms with E-state index in [1.54, 1.807) is 0 Å². The molecule has 15 nitrogen and oxygen atoms in total. The minimum absolute atomic E-state index is 0.0513. The molecule has 3 heterocycles. The molecule has 42 heavy (non-hydrogen) atoms. The number of rotatable bonds is 6. The zero-order valence-electron chi connectivity index (χ0n) is 23.4. The van der Waals surface area contributed by atoms with Gasteiger partial charge in [0.2, 0.25) is 0 Å². The van der Waals surface area contributed by atoms with Crippen LogP contribution in [0.3, 0.4) is 0 Å². The van der Waals surface area contributed by atoms with Crippen molar-refractivity contribution in [2.75, 3.05) is 6.61 Å². The third-order valence-corrected chi connectivity index (χ3v) is 9.75. The molecule has 0 aromatic rings. The minimum atomic E-state index is -1.71. The summed E-state index contributed by atoms with van der Waals surface area (Å²) in [6.07, 6.45) is -17.9. The normalized spacial score (nSPS) is 55.6. The largest absolute Gasteiger partial charge is 0.393 e. The maximum Gasteiger partial charge on any atom is 0.187 e. The summed E-state index contributed by atoms with van der Waals surface area (Å²) in [5.74, 6) is -0.646. The van der Waals surface area contributed by atoms with Crippen LogP contribution in [-0.2, 0) is 23.7 Å². The summed E-state index contributed by atoms with van der Waals surface area (Å²) in [5, 5.41) is 103. The molecule has 15 heteroatoms. The first-order valence-electron chi connectivity index (χ1n) is 14.9. The second-order valence-electron chi connectivity index (χ2n) is 12.6. The Labute approximate surface area is 243 Å². The molecule has 244 valence electrons. The Balaban J connectivity index is 1.29. The SMILES string of the molecule is CC1OC(OCC2OC(OC3CC4C(CC(O)C(O)C4O)OC3C3CCC(O)CC3)C(O)C(O)C2O)C(O)C(O)C1O. The van der Waals surface area contributed by atoms with Crippen LogP contribution in [0.2, 0.25) is 0 Å². The van der Waals surface area contributed by atoms with Gasteiger partial charge in [0, 0.05) is 12.3 Å². The molecule has 0 aromatic carbocycles. The van der Waals surface area contributed by atoms with Gasteiger partial charge in [-0.25, -0.2) is 0 Å². The second kappa shape index (κ2) is 13.4.